The van der Waals surface area contributed by atoms with E-state index in [0.29, 0.717) is 34.4 Å². The lowest BCUT2D eigenvalue weighted by Gasteiger charge is -2.10. The second-order valence-electron chi connectivity index (χ2n) is 6.24. The van der Waals surface area contributed by atoms with Crippen LogP contribution in [0.2, 0.25) is 5.02 Å². The van der Waals surface area contributed by atoms with Gasteiger partial charge in [0.05, 0.1) is 28.1 Å². The van der Waals surface area contributed by atoms with Crippen molar-refractivity contribution in [3.8, 4) is 11.6 Å². The maximum Gasteiger partial charge on any atom is 0.417 e. The van der Waals surface area contributed by atoms with Crippen molar-refractivity contribution in [2.75, 3.05) is 11.1 Å². The van der Waals surface area contributed by atoms with Gasteiger partial charge in [0.1, 0.15) is 5.03 Å². The maximum atomic E-state index is 12.7. The minimum atomic E-state index is -4.57. The topological polar surface area (TPSA) is 80.9 Å². The monoisotopic (exact) mass is 464 g/mol. The van der Waals surface area contributed by atoms with Crippen LogP contribution in [0.25, 0.3) is 22.5 Å². The van der Waals surface area contributed by atoms with Crippen molar-refractivity contribution in [1.82, 2.24) is 15.0 Å². The molecule has 0 aliphatic rings. The van der Waals surface area contributed by atoms with Crippen molar-refractivity contribution in [2.45, 2.75) is 11.2 Å². The van der Waals surface area contributed by atoms with Crippen LogP contribution in [0, 0.1) is 0 Å². The summed E-state index contributed by atoms with van der Waals surface area (Å²) in [6.07, 6.45) is -2.45. The highest BCUT2D eigenvalue weighted by molar-refractivity contribution is 8.00. The molecule has 0 fully saturated rings. The zero-order chi connectivity index (χ0) is 22.0. The number of amides is 1. The molecule has 158 valence electrons. The average Bonchev–Trinajstić information content (AvgIpc) is 3.27. The molecule has 0 aliphatic heterocycles. The first kappa shape index (κ1) is 21.1. The number of carbonyl (C=O) groups excluding carboxylic acids is 1. The van der Waals surface area contributed by atoms with Crippen LogP contribution in [0.15, 0.2) is 64.4 Å². The van der Waals surface area contributed by atoms with Gasteiger partial charge in [-0.1, -0.05) is 41.6 Å². The van der Waals surface area contributed by atoms with Crippen LogP contribution >= 0.6 is 23.4 Å². The predicted molar refractivity (Wildman–Crippen MR) is 111 cm³/mol. The van der Waals surface area contributed by atoms with Crippen molar-refractivity contribution in [2.24, 2.45) is 0 Å². The van der Waals surface area contributed by atoms with E-state index in [1.807, 2.05) is 24.3 Å². The van der Waals surface area contributed by atoms with E-state index in [9.17, 15) is 18.0 Å². The molecule has 0 unspecified atom stereocenters. The fourth-order valence-electron chi connectivity index (χ4n) is 2.66. The van der Waals surface area contributed by atoms with Gasteiger partial charge in [0.15, 0.2) is 17.4 Å². The normalized spacial score (nSPS) is 11.6. The fraction of sp³-hybridized carbons (Fsp3) is 0.100. The summed E-state index contributed by atoms with van der Waals surface area (Å²) in [4.78, 5) is 24.9. The minimum Gasteiger partial charge on any atom is -0.461 e. The number of aromatic nitrogens is 3. The SMILES string of the molecule is O=C(CSc1nc(-c2ccco2)nc2ccccc12)Nc1ncc(C(F)(F)F)cc1Cl. The Morgan fingerprint density at radius 3 is 2.68 bits per heavy atom. The smallest absolute Gasteiger partial charge is 0.417 e. The molecule has 0 radical (unpaired) electrons. The molecular weight excluding hydrogens is 453 g/mol. The van der Waals surface area contributed by atoms with Gasteiger partial charge in [0, 0.05) is 11.6 Å². The van der Waals surface area contributed by atoms with Crippen molar-refractivity contribution < 1.29 is 22.4 Å². The lowest BCUT2D eigenvalue weighted by molar-refractivity contribution is -0.137. The summed E-state index contributed by atoms with van der Waals surface area (Å²) in [5, 5.41) is 3.42. The third-order valence-electron chi connectivity index (χ3n) is 4.08. The van der Waals surface area contributed by atoms with Crippen LogP contribution < -0.4 is 5.32 Å². The van der Waals surface area contributed by atoms with Gasteiger partial charge in [-0.05, 0) is 24.3 Å². The Morgan fingerprint density at radius 2 is 1.97 bits per heavy atom. The molecule has 3 aromatic heterocycles. The summed E-state index contributed by atoms with van der Waals surface area (Å²) in [6, 6.07) is 11.5. The molecule has 4 aromatic rings. The number of carbonyl (C=O) groups is 1. The molecule has 1 amide bonds. The molecule has 0 atom stereocenters. The first-order chi connectivity index (χ1) is 14.8. The fourth-order valence-corrected chi connectivity index (χ4v) is 3.69. The number of halogens is 4. The number of hydrogen-bond acceptors (Lipinski definition) is 6. The van der Waals surface area contributed by atoms with Crippen LogP contribution in [-0.4, -0.2) is 26.6 Å². The second kappa shape index (κ2) is 8.56. The number of anilines is 1. The molecule has 1 N–H and O–H groups in total. The number of rotatable bonds is 5. The van der Waals surface area contributed by atoms with Gasteiger partial charge >= 0.3 is 6.18 Å². The summed E-state index contributed by atoms with van der Waals surface area (Å²) >= 11 is 6.98. The van der Waals surface area contributed by atoms with Gasteiger partial charge in [-0.2, -0.15) is 13.2 Å². The van der Waals surface area contributed by atoms with E-state index in [4.69, 9.17) is 16.0 Å². The highest BCUT2D eigenvalue weighted by atomic mass is 35.5. The number of nitrogens with one attached hydrogen (secondary N) is 1. The Labute approximate surface area is 182 Å². The van der Waals surface area contributed by atoms with Crippen molar-refractivity contribution in [1.29, 1.82) is 0 Å². The van der Waals surface area contributed by atoms with E-state index in [2.05, 4.69) is 20.3 Å². The van der Waals surface area contributed by atoms with Crippen LogP contribution in [0.3, 0.4) is 0 Å². The summed E-state index contributed by atoms with van der Waals surface area (Å²) in [5.41, 5.74) is -0.318. The van der Waals surface area contributed by atoms with Crippen molar-refractivity contribution in [3.05, 3.63) is 65.5 Å². The average molecular weight is 465 g/mol. The lowest BCUT2D eigenvalue weighted by Crippen LogP contribution is -2.16. The van der Waals surface area contributed by atoms with E-state index in [0.717, 1.165) is 17.1 Å². The Balaban J connectivity index is 1.52. The Kier molecular flexibility index (Phi) is 5.84. The first-order valence-corrected chi connectivity index (χ1v) is 10.1. The summed E-state index contributed by atoms with van der Waals surface area (Å²) in [5.74, 6) is 0.139. The third kappa shape index (κ3) is 4.80. The first-order valence-electron chi connectivity index (χ1n) is 8.77. The maximum absolute atomic E-state index is 12.7. The zero-order valence-electron chi connectivity index (χ0n) is 15.5. The van der Waals surface area contributed by atoms with Gasteiger partial charge in [0.25, 0.3) is 0 Å². The Hall–Kier alpha value is -3.11. The lowest BCUT2D eigenvalue weighted by atomic mass is 10.2. The molecule has 3 heterocycles. The van der Waals surface area contributed by atoms with Crippen LogP contribution in [0.1, 0.15) is 5.56 Å². The van der Waals surface area contributed by atoms with Crippen LogP contribution in [-0.2, 0) is 11.0 Å². The van der Waals surface area contributed by atoms with Crippen LogP contribution in [0.5, 0.6) is 0 Å². The van der Waals surface area contributed by atoms with Gasteiger partial charge in [-0.3, -0.25) is 4.79 Å². The minimum absolute atomic E-state index is 0.0718. The van der Waals surface area contributed by atoms with Crippen LogP contribution in [0.4, 0.5) is 19.0 Å². The second-order valence-corrected chi connectivity index (χ2v) is 7.61. The number of thioether (sulfide) groups is 1. The largest absolute Gasteiger partial charge is 0.461 e. The standard InChI is InChI=1S/C20H12ClF3N4O2S/c21-13-8-11(20(22,23)24)9-25-17(13)27-16(29)10-31-19-12-4-1-2-5-14(12)26-18(28-19)15-6-3-7-30-15/h1-9H,10H2,(H,25,27,29). The Bertz CT molecular complexity index is 1250. The van der Waals surface area contributed by atoms with Crippen molar-refractivity contribution >= 4 is 46.0 Å². The molecule has 11 heteroatoms. The number of alkyl halides is 3. The number of hydrogen-bond donors (Lipinski definition) is 1. The predicted octanol–water partition coefficient (Wildman–Crippen LogP) is 5.69. The molecule has 0 saturated heterocycles. The number of para-hydroxylation sites is 1. The molecule has 0 spiro atoms. The molecular formula is C20H12ClF3N4O2S. The molecule has 6 nitrogen and oxygen atoms in total. The highest BCUT2D eigenvalue weighted by Crippen LogP contribution is 2.33. The molecule has 0 saturated carbocycles. The third-order valence-corrected chi connectivity index (χ3v) is 5.36. The molecule has 31 heavy (non-hydrogen) atoms. The molecule has 0 aliphatic carbocycles. The quantitative estimate of drug-likeness (QED) is 0.302. The number of nitrogens with zero attached hydrogens (tertiary/aromatic N) is 3. The van der Waals surface area contributed by atoms with E-state index < -0.39 is 17.6 Å². The molecule has 1 aromatic carbocycles. The number of pyridine rings is 1. The van der Waals surface area contributed by atoms with Gasteiger partial charge in [0.2, 0.25) is 5.91 Å². The molecule has 0 bridgehead atoms. The summed E-state index contributed by atoms with van der Waals surface area (Å²) in [6.45, 7) is 0. The molecule has 4 rings (SSSR count). The number of fused-ring (bicyclic) bond motifs is 1. The highest BCUT2D eigenvalue weighted by Gasteiger charge is 2.31. The van der Waals surface area contributed by atoms with Gasteiger partial charge in [-0.15, -0.1) is 0 Å². The summed E-state index contributed by atoms with van der Waals surface area (Å²) < 4.78 is 43.5. The number of furan rings is 1. The van der Waals surface area contributed by atoms with E-state index in [1.165, 1.54) is 6.26 Å². The summed E-state index contributed by atoms with van der Waals surface area (Å²) in [7, 11) is 0. The van der Waals surface area contributed by atoms with E-state index in [1.54, 1.807) is 12.1 Å². The Morgan fingerprint density at radius 1 is 1.16 bits per heavy atom. The number of benzene rings is 1. The zero-order valence-corrected chi connectivity index (χ0v) is 17.1. The van der Waals surface area contributed by atoms with E-state index in [-0.39, 0.29) is 16.6 Å². The van der Waals surface area contributed by atoms with Gasteiger partial charge in [-0.25, -0.2) is 15.0 Å². The van der Waals surface area contributed by atoms with E-state index >= 15 is 0 Å². The van der Waals surface area contributed by atoms with Crippen molar-refractivity contribution in [3.63, 3.8) is 0 Å². The van der Waals surface area contributed by atoms with Gasteiger partial charge < -0.3 is 9.73 Å².